The van der Waals surface area contributed by atoms with Crippen molar-refractivity contribution >= 4 is 38.6 Å². The maximum absolute atomic E-state index is 12.7. The molecule has 1 amide bonds. The lowest BCUT2D eigenvalue weighted by atomic mass is 10.1. The Hall–Kier alpha value is -3.49. The van der Waals surface area contributed by atoms with Crippen LogP contribution in [-0.2, 0) is 10.0 Å². The van der Waals surface area contributed by atoms with Crippen LogP contribution in [0.3, 0.4) is 0 Å². The van der Waals surface area contributed by atoms with E-state index in [-0.39, 0.29) is 10.8 Å². The molecule has 0 aliphatic rings. The minimum absolute atomic E-state index is 0.0835. The number of amides is 1. The second-order valence-corrected chi connectivity index (χ2v) is 9.97. The van der Waals surface area contributed by atoms with Crippen LogP contribution in [0, 0.1) is 13.8 Å². The zero-order chi connectivity index (χ0) is 22.7. The lowest BCUT2D eigenvalue weighted by Crippen LogP contribution is -2.15. The van der Waals surface area contributed by atoms with Gasteiger partial charge in [-0.3, -0.25) is 9.52 Å². The lowest BCUT2D eigenvalue weighted by molar-refractivity contribution is 0.102. The van der Waals surface area contributed by atoms with Crippen LogP contribution in [-0.4, -0.2) is 19.3 Å². The Kier molecular flexibility index (Phi) is 6.07. The first kappa shape index (κ1) is 21.7. The Bertz CT molecular complexity index is 1360. The van der Waals surface area contributed by atoms with E-state index in [0.717, 1.165) is 21.8 Å². The topological polar surface area (TPSA) is 88.2 Å². The van der Waals surface area contributed by atoms with E-state index in [9.17, 15) is 13.2 Å². The van der Waals surface area contributed by atoms with Crippen molar-refractivity contribution in [1.29, 1.82) is 0 Å². The van der Waals surface area contributed by atoms with Crippen molar-refractivity contribution in [2.75, 3.05) is 10.0 Å². The average molecular weight is 464 g/mol. The lowest BCUT2D eigenvalue weighted by Gasteiger charge is -2.11. The number of benzene rings is 3. The van der Waals surface area contributed by atoms with Crippen LogP contribution in [0.15, 0.2) is 83.1 Å². The molecule has 0 bridgehead atoms. The number of carbonyl (C=O) groups is 1. The van der Waals surface area contributed by atoms with Crippen LogP contribution in [0.5, 0.6) is 0 Å². The summed E-state index contributed by atoms with van der Waals surface area (Å²) in [5, 5.41) is 5.82. The predicted octanol–water partition coefficient (Wildman–Crippen LogP) is 5.48. The minimum atomic E-state index is -3.75. The third-order valence-electron chi connectivity index (χ3n) is 4.87. The molecule has 6 nitrogen and oxygen atoms in total. The number of sulfonamides is 1. The minimum Gasteiger partial charge on any atom is -0.322 e. The summed E-state index contributed by atoms with van der Waals surface area (Å²) >= 11 is 1.59. The molecular formula is C24H21N3O3S2. The van der Waals surface area contributed by atoms with E-state index < -0.39 is 10.0 Å². The number of thiazole rings is 1. The van der Waals surface area contributed by atoms with Gasteiger partial charge in [-0.05, 0) is 61.9 Å². The summed E-state index contributed by atoms with van der Waals surface area (Å²) in [4.78, 5) is 17.1. The molecule has 0 radical (unpaired) electrons. The molecule has 1 aromatic heterocycles. The van der Waals surface area contributed by atoms with Gasteiger partial charge in [0.05, 0.1) is 21.3 Å². The molecule has 3 aromatic carbocycles. The Morgan fingerprint density at radius 2 is 1.59 bits per heavy atom. The van der Waals surface area contributed by atoms with Crippen LogP contribution in [0.2, 0.25) is 0 Å². The van der Waals surface area contributed by atoms with Crippen molar-refractivity contribution in [2.24, 2.45) is 0 Å². The summed E-state index contributed by atoms with van der Waals surface area (Å²) in [5.41, 5.74) is 4.22. The summed E-state index contributed by atoms with van der Waals surface area (Å²) in [5.74, 6) is -0.321. The molecule has 32 heavy (non-hydrogen) atoms. The first-order valence-corrected chi connectivity index (χ1v) is 12.2. The molecule has 0 aliphatic carbocycles. The standard InChI is InChI=1S/C24H21N3O3S2/c1-16-5-3-4-6-22(16)27-32(29,30)21-13-9-19(10-14-21)24(28)26-20-11-7-18(8-12-20)23-15-31-17(2)25-23/h3-15,27H,1-2H3,(H,26,28). The fourth-order valence-corrected chi connectivity index (χ4v) is 4.85. The molecule has 4 aromatic rings. The van der Waals surface area contributed by atoms with Gasteiger partial charge in [0.2, 0.25) is 0 Å². The molecule has 1 heterocycles. The van der Waals surface area contributed by atoms with Gasteiger partial charge in [0, 0.05) is 22.2 Å². The predicted molar refractivity (Wildman–Crippen MR) is 129 cm³/mol. The van der Waals surface area contributed by atoms with Crippen LogP contribution in [0.25, 0.3) is 11.3 Å². The van der Waals surface area contributed by atoms with Gasteiger partial charge >= 0.3 is 0 Å². The molecule has 4 rings (SSSR count). The molecule has 0 saturated carbocycles. The van der Waals surface area contributed by atoms with Crippen molar-refractivity contribution in [3.8, 4) is 11.3 Å². The first-order chi connectivity index (χ1) is 15.3. The van der Waals surface area contributed by atoms with Gasteiger partial charge in [-0.15, -0.1) is 11.3 Å². The van der Waals surface area contributed by atoms with Crippen LogP contribution in [0.4, 0.5) is 11.4 Å². The third kappa shape index (κ3) is 4.87. The van der Waals surface area contributed by atoms with E-state index in [1.807, 2.05) is 55.6 Å². The molecule has 0 saturated heterocycles. The summed E-state index contributed by atoms with van der Waals surface area (Å²) in [6.45, 7) is 3.79. The monoisotopic (exact) mass is 463 g/mol. The van der Waals surface area contributed by atoms with Crippen LogP contribution < -0.4 is 10.0 Å². The number of carbonyl (C=O) groups excluding carboxylic acids is 1. The van der Waals surface area contributed by atoms with Crippen molar-refractivity contribution < 1.29 is 13.2 Å². The summed E-state index contributed by atoms with van der Waals surface area (Å²) in [7, 11) is -3.75. The van der Waals surface area contributed by atoms with Gasteiger partial charge in [0.25, 0.3) is 15.9 Å². The number of anilines is 2. The molecule has 0 aliphatic heterocycles. The van der Waals surface area contributed by atoms with Gasteiger partial charge in [-0.25, -0.2) is 13.4 Å². The molecule has 0 unspecified atom stereocenters. The van der Waals surface area contributed by atoms with Crippen molar-refractivity contribution in [2.45, 2.75) is 18.7 Å². The second-order valence-electron chi connectivity index (χ2n) is 7.23. The molecule has 0 fully saturated rings. The van der Waals surface area contributed by atoms with Gasteiger partial charge in [0.15, 0.2) is 0 Å². The number of para-hydroxylation sites is 1. The van der Waals surface area contributed by atoms with Gasteiger partial charge in [-0.1, -0.05) is 30.3 Å². The molecule has 2 N–H and O–H groups in total. The Morgan fingerprint density at radius 1 is 0.906 bits per heavy atom. The highest BCUT2D eigenvalue weighted by Crippen LogP contribution is 2.24. The molecule has 0 atom stereocenters. The van der Waals surface area contributed by atoms with Gasteiger partial charge in [-0.2, -0.15) is 0 Å². The average Bonchev–Trinajstić information content (AvgIpc) is 3.22. The molecule has 8 heteroatoms. The van der Waals surface area contributed by atoms with E-state index in [4.69, 9.17) is 0 Å². The van der Waals surface area contributed by atoms with Crippen molar-refractivity contribution in [1.82, 2.24) is 4.98 Å². The molecule has 0 spiro atoms. The van der Waals surface area contributed by atoms with Crippen LogP contribution in [0.1, 0.15) is 20.9 Å². The highest BCUT2D eigenvalue weighted by molar-refractivity contribution is 7.92. The van der Waals surface area contributed by atoms with E-state index in [1.165, 1.54) is 24.3 Å². The Balaban J connectivity index is 1.44. The largest absolute Gasteiger partial charge is 0.322 e. The number of hydrogen-bond acceptors (Lipinski definition) is 5. The summed E-state index contributed by atoms with van der Waals surface area (Å²) in [6.07, 6.45) is 0. The number of aromatic nitrogens is 1. The maximum Gasteiger partial charge on any atom is 0.261 e. The van der Waals surface area contributed by atoms with E-state index in [2.05, 4.69) is 15.0 Å². The number of nitrogens with one attached hydrogen (secondary N) is 2. The van der Waals surface area contributed by atoms with E-state index in [1.54, 1.807) is 23.5 Å². The summed E-state index contributed by atoms with van der Waals surface area (Å²) < 4.78 is 27.9. The number of nitrogens with zero attached hydrogens (tertiary/aromatic N) is 1. The van der Waals surface area contributed by atoms with Crippen molar-refractivity contribution in [3.05, 3.63) is 94.3 Å². The maximum atomic E-state index is 12.7. The summed E-state index contributed by atoms with van der Waals surface area (Å²) in [6, 6.07) is 20.4. The van der Waals surface area contributed by atoms with Crippen LogP contribution >= 0.6 is 11.3 Å². The highest BCUT2D eigenvalue weighted by Gasteiger charge is 2.16. The quantitative estimate of drug-likeness (QED) is 0.396. The normalized spacial score (nSPS) is 11.2. The zero-order valence-electron chi connectivity index (χ0n) is 17.5. The fourth-order valence-electron chi connectivity index (χ4n) is 3.10. The smallest absolute Gasteiger partial charge is 0.261 e. The molecular weight excluding hydrogens is 442 g/mol. The van der Waals surface area contributed by atoms with Gasteiger partial charge < -0.3 is 5.32 Å². The number of aryl methyl sites for hydroxylation is 2. The number of hydrogen-bond donors (Lipinski definition) is 2. The third-order valence-corrected chi connectivity index (χ3v) is 7.03. The Labute approximate surface area is 191 Å². The Morgan fingerprint density at radius 3 is 2.22 bits per heavy atom. The van der Waals surface area contributed by atoms with E-state index >= 15 is 0 Å². The number of rotatable bonds is 6. The molecule has 162 valence electrons. The fraction of sp³-hybridized carbons (Fsp3) is 0.0833. The van der Waals surface area contributed by atoms with Gasteiger partial charge in [0.1, 0.15) is 0 Å². The SMILES string of the molecule is Cc1nc(-c2ccc(NC(=O)c3ccc(S(=O)(=O)Nc4ccccc4C)cc3)cc2)cs1. The highest BCUT2D eigenvalue weighted by atomic mass is 32.2. The van der Waals surface area contributed by atoms with E-state index in [0.29, 0.717) is 16.9 Å². The first-order valence-electron chi connectivity index (χ1n) is 9.84. The zero-order valence-corrected chi connectivity index (χ0v) is 19.1. The second kappa shape index (κ2) is 8.94. The van der Waals surface area contributed by atoms with Crippen molar-refractivity contribution in [3.63, 3.8) is 0 Å².